The van der Waals surface area contributed by atoms with Crippen molar-refractivity contribution >= 4 is 5.91 Å². The van der Waals surface area contributed by atoms with Crippen molar-refractivity contribution in [2.75, 3.05) is 6.54 Å². The van der Waals surface area contributed by atoms with Crippen molar-refractivity contribution in [3.05, 3.63) is 65.7 Å². The quantitative estimate of drug-likeness (QED) is 0.766. The molecule has 0 atom stereocenters. The topological polar surface area (TPSA) is 54.0 Å². The Morgan fingerprint density at radius 2 is 2.00 bits per heavy atom. The Bertz CT molecular complexity index is 575. The number of nitrogens with one attached hydrogen (secondary N) is 2. The second-order valence-electron chi connectivity index (χ2n) is 4.69. The van der Waals surface area contributed by atoms with Crippen LogP contribution in [0.2, 0.25) is 0 Å². The first-order chi connectivity index (χ1) is 10.2. The van der Waals surface area contributed by atoms with Gasteiger partial charge in [0.2, 0.25) is 5.91 Å². The van der Waals surface area contributed by atoms with Crippen molar-refractivity contribution in [3.63, 3.8) is 0 Å². The van der Waals surface area contributed by atoms with Crippen LogP contribution in [-0.4, -0.2) is 17.4 Å². The summed E-state index contributed by atoms with van der Waals surface area (Å²) in [6, 6.07) is 10.2. The second kappa shape index (κ2) is 8.11. The van der Waals surface area contributed by atoms with Crippen molar-refractivity contribution in [1.82, 2.24) is 15.6 Å². The molecule has 110 valence electrons. The van der Waals surface area contributed by atoms with Gasteiger partial charge in [0.1, 0.15) is 5.82 Å². The van der Waals surface area contributed by atoms with E-state index in [4.69, 9.17) is 0 Å². The maximum absolute atomic E-state index is 13.0. The summed E-state index contributed by atoms with van der Waals surface area (Å²) in [4.78, 5) is 15.6. The molecule has 2 N–H and O–H groups in total. The zero-order valence-electron chi connectivity index (χ0n) is 11.7. The van der Waals surface area contributed by atoms with E-state index in [1.807, 2.05) is 18.2 Å². The highest BCUT2D eigenvalue weighted by atomic mass is 19.1. The van der Waals surface area contributed by atoms with Gasteiger partial charge in [0, 0.05) is 38.4 Å². The third-order valence-corrected chi connectivity index (χ3v) is 2.96. The van der Waals surface area contributed by atoms with Crippen LogP contribution in [0.1, 0.15) is 17.5 Å². The van der Waals surface area contributed by atoms with Crippen molar-refractivity contribution in [1.29, 1.82) is 0 Å². The lowest BCUT2D eigenvalue weighted by Crippen LogP contribution is -2.27. The van der Waals surface area contributed by atoms with Gasteiger partial charge < -0.3 is 10.6 Å². The maximum atomic E-state index is 13.0. The van der Waals surface area contributed by atoms with Gasteiger partial charge in [-0.05, 0) is 29.3 Å². The number of nitrogens with zero attached hydrogens (tertiary/aromatic N) is 1. The van der Waals surface area contributed by atoms with Gasteiger partial charge in [0.05, 0.1) is 0 Å². The van der Waals surface area contributed by atoms with E-state index in [2.05, 4.69) is 15.6 Å². The lowest BCUT2D eigenvalue weighted by atomic mass is 10.2. The monoisotopic (exact) mass is 287 g/mol. The van der Waals surface area contributed by atoms with Gasteiger partial charge in [-0.3, -0.25) is 9.78 Å². The number of hydrogen-bond acceptors (Lipinski definition) is 3. The number of halogens is 1. The highest BCUT2D eigenvalue weighted by molar-refractivity contribution is 5.76. The standard InChI is InChI=1S/C16H18FN3O/c17-15-5-1-3-13(9-15)10-19-8-6-16(21)20-12-14-4-2-7-18-11-14/h1-5,7,9,11,19H,6,8,10,12H2,(H,20,21). The molecule has 1 aromatic carbocycles. The van der Waals surface area contributed by atoms with Crippen LogP contribution in [0.5, 0.6) is 0 Å². The van der Waals surface area contributed by atoms with Gasteiger partial charge in [-0.25, -0.2) is 4.39 Å². The number of benzene rings is 1. The summed E-state index contributed by atoms with van der Waals surface area (Å²) < 4.78 is 13.0. The normalized spacial score (nSPS) is 10.3. The molecule has 1 heterocycles. The lowest BCUT2D eigenvalue weighted by molar-refractivity contribution is -0.121. The molecule has 0 unspecified atom stereocenters. The lowest BCUT2D eigenvalue weighted by Gasteiger charge is -2.06. The minimum Gasteiger partial charge on any atom is -0.352 e. The van der Waals surface area contributed by atoms with Gasteiger partial charge in [0.15, 0.2) is 0 Å². The first-order valence-electron chi connectivity index (χ1n) is 6.85. The molecule has 0 bridgehead atoms. The molecule has 0 saturated heterocycles. The summed E-state index contributed by atoms with van der Waals surface area (Å²) in [6.45, 7) is 1.58. The molecule has 0 aliphatic heterocycles. The van der Waals surface area contributed by atoms with Crippen LogP contribution in [0, 0.1) is 5.82 Å². The van der Waals surface area contributed by atoms with Gasteiger partial charge in [-0.15, -0.1) is 0 Å². The minimum atomic E-state index is -0.247. The summed E-state index contributed by atoms with van der Waals surface area (Å²) in [5, 5.41) is 5.95. The van der Waals surface area contributed by atoms with Gasteiger partial charge in [-0.2, -0.15) is 0 Å². The summed E-state index contributed by atoms with van der Waals surface area (Å²) in [5.74, 6) is -0.269. The highest BCUT2D eigenvalue weighted by Gasteiger charge is 2.01. The van der Waals surface area contributed by atoms with E-state index in [1.54, 1.807) is 18.5 Å². The van der Waals surface area contributed by atoms with Crippen molar-refractivity contribution in [3.8, 4) is 0 Å². The third kappa shape index (κ3) is 5.71. The molecule has 0 aliphatic rings. The molecule has 2 rings (SSSR count). The van der Waals surface area contributed by atoms with E-state index in [0.717, 1.165) is 11.1 Å². The molecule has 0 saturated carbocycles. The van der Waals surface area contributed by atoms with Crippen LogP contribution in [0.3, 0.4) is 0 Å². The zero-order chi connectivity index (χ0) is 14.9. The van der Waals surface area contributed by atoms with Crippen LogP contribution in [0.4, 0.5) is 4.39 Å². The zero-order valence-corrected chi connectivity index (χ0v) is 11.7. The number of rotatable bonds is 7. The summed E-state index contributed by atoms with van der Waals surface area (Å²) in [6.07, 6.45) is 3.81. The Labute approximate surface area is 123 Å². The maximum Gasteiger partial charge on any atom is 0.221 e. The molecule has 4 nitrogen and oxygen atoms in total. The fraction of sp³-hybridized carbons (Fsp3) is 0.250. The number of carbonyl (C=O) groups is 1. The van der Waals surface area contributed by atoms with Gasteiger partial charge >= 0.3 is 0 Å². The number of amides is 1. The molecule has 1 aromatic heterocycles. The minimum absolute atomic E-state index is 0.0226. The number of hydrogen-bond donors (Lipinski definition) is 2. The predicted molar refractivity (Wildman–Crippen MR) is 78.8 cm³/mol. The highest BCUT2D eigenvalue weighted by Crippen LogP contribution is 2.02. The van der Waals surface area contributed by atoms with Crippen LogP contribution in [0.25, 0.3) is 0 Å². The molecule has 1 amide bonds. The SMILES string of the molecule is O=C(CCNCc1cccc(F)c1)NCc1cccnc1. The second-order valence-corrected chi connectivity index (χ2v) is 4.69. The Kier molecular flexibility index (Phi) is 5.84. The van der Waals surface area contributed by atoms with Crippen molar-refractivity contribution < 1.29 is 9.18 Å². The van der Waals surface area contributed by atoms with Crippen molar-refractivity contribution in [2.24, 2.45) is 0 Å². The fourth-order valence-corrected chi connectivity index (χ4v) is 1.87. The van der Waals surface area contributed by atoms with E-state index >= 15 is 0 Å². The predicted octanol–water partition coefficient (Wildman–Crippen LogP) is 2.02. The van der Waals surface area contributed by atoms with Crippen LogP contribution >= 0.6 is 0 Å². The summed E-state index contributed by atoms with van der Waals surface area (Å²) in [5.41, 5.74) is 1.84. The molecule has 21 heavy (non-hydrogen) atoms. The molecular formula is C16H18FN3O. The molecule has 2 aromatic rings. The summed E-state index contributed by atoms with van der Waals surface area (Å²) in [7, 11) is 0. The Hall–Kier alpha value is -2.27. The van der Waals surface area contributed by atoms with E-state index < -0.39 is 0 Å². The van der Waals surface area contributed by atoms with E-state index in [-0.39, 0.29) is 11.7 Å². The van der Waals surface area contributed by atoms with Gasteiger partial charge in [0.25, 0.3) is 0 Å². The number of carbonyl (C=O) groups excluding carboxylic acids is 1. The Morgan fingerprint density at radius 3 is 2.76 bits per heavy atom. The van der Waals surface area contributed by atoms with E-state index in [9.17, 15) is 9.18 Å². The molecule has 5 heteroatoms. The van der Waals surface area contributed by atoms with Crippen molar-refractivity contribution in [2.45, 2.75) is 19.5 Å². The molecule has 0 radical (unpaired) electrons. The molecule has 0 spiro atoms. The van der Waals surface area contributed by atoms with Crippen LogP contribution in [0.15, 0.2) is 48.8 Å². The first-order valence-corrected chi connectivity index (χ1v) is 6.85. The molecular weight excluding hydrogens is 269 g/mol. The van der Waals surface area contributed by atoms with Gasteiger partial charge in [-0.1, -0.05) is 18.2 Å². The smallest absolute Gasteiger partial charge is 0.221 e. The Balaban J connectivity index is 1.61. The average Bonchev–Trinajstić information content (AvgIpc) is 2.51. The van der Waals surface area contributed by atoms with E-state index in [0.29, 0.717) is 26.1 Å². The van der Waals surface area contributed by atoms with Crippen LogP contribution in [-0.2, 0) is 17.9 Å². The van der Waals surface area contributed by atoms with Crippen LogP contribution < -0.4 is 10.6 Å². The summed E-state index contributed by atoms with van der Waals surface area (Å²) >= 11 is 0. The first kappa shape index (κ1) is 15.1. The number of pyridine rings is 1. The molecule has 0 aliphatic carbocycles. The van der Waals surface area contributed by atoms with E-state index in [1.165, 1.54) is 12.1 Å². The fourth-order valence-electron chi connectivity index (χ4n) is 1.87. The largest absolute Gasteiger partial charge is 0.352 e. The number of aromatic nitrogens is 1. The molecule has 0 fully saturated rings. The third-order valence-electron chi connectivity index (χ3n) is 2.96. The Morgan fingerprint density at radius 1 is 1.14 bits per heavy atom. The average molecular weight is 287 g/mol.